The lowest BCUT2D eigenvalue weighted by atomic mass is 10.00. The van der Waals surface area contributed by atoms with Crippen LogP contribution in [0.1, 0.15) is 41.3 Å². The summed E-state index contributed by atoms with van der Waals surface area (Å²) < 4.78 is 31.8. The van der Waals surface area contributed by atoms with E-state index in [2.05, 4.69) is 35.3 Å². The largest absolute Gasteiger partial charge is 0.435 e. The van der Waals surface area contributed by atoms with Gasteiger partial charge in [0, 0.05) is 22.9 Å². The van der Waals surface area contributed by atoms with Crippen molar-refractivity contribution in [1.82, 2.24) is 4.57 Å². The predicted octanol–water partition coefficient (Wildman–Crippen LogP) is 5.47. The highest BCUT2D eigenvalue weighted by molar-refractivity contribution is 6.17. The van der Waals surface area contributed by atoms with Crippen LogP contribution in [0.15, 0.2) is 54.6 Å². The maximum atomic E-state index is 12.6. The lowest BCUT2D eigenvalue weighted by molar-refractivity contribution is -0.0498. The highest BCUT2D eigenvalue weighted by Crippen LogP contribution is 2.34. The lowest BCUT2D eigenvalue weighted by Crippen LogP contribution is -2.11. The number of alkyl halides is 2. The molecule has 0 unspecified atom stereocenters. The molecule has 1 amide bonds. The van der Waals surface area contributed by atoms with Gasteiger partial charge in [0.25, 0.3) is 0 Å². The fourth-order valence-corrected chi connectivity index (χ4v) is 3.78. The molecule has 0 saturated carbocycles. The van der Waals surface area contributed by atoms with Gasteiger partial charge in [0.1, 0.15) is 5.75 Å². The van der Waals surface area contributed by atoms with Gasteiger partial charge >= 0.3 is 6.61 Å². The smallest absolute Gasteiger partial charge is 0.387 e. The first kappa shape index (κ1) is 19.9. The lowest BCUT2D eigenvalue weighted by Gasteiger charge is -2.11. The highest BCUT2D eigenvalue weighted by Gasteiger charge is 2.18. The van der Waals surface area contributed by atoms with E-state index in [0.29, 0.717) is 18.0 Å². The Bertz CT molecular complexity index is 1240. The molecule has 0 aliphatic carbocycles. The Morgan fingerprint density at radius 2 is 1.90 bits per heavy atom. The van der Waals surface area contributed by atoms with Gasteiger partial charge < -0.3 is 15.0 Å². The normalized spacial score (nSPS) is 11.7. The second-order valence-corrected chi connectivity index (χ2v) is 7.52. The number of aromatic nitrogens is 1. The predicted molar refractivity (Wildman–Crippen MR) is 113 cm³/mol. The van der Waals surface area contributed by atoms with E-state index in [1.54, 1.807) is 24.3 Å². The van der Waals surface area contributed by atoms with E-state index >= 15 is 0 Å². The molecule has 4 nitrogen and oxygen atoms in total. The number of amides is 1. The van der Waals surface area contributed by atoms with Gasteiger partial charge in [0.2, 0.25) is 5.91 Å². The number of nitrogens with two attached hydrogens (primary N) is 1. The minimum atomic E-state index is -2.88. The van der Waals surface area contributed by atoms with E-state index in [4.69, 9.17) is 5.73 Å². The quantitative estimate of drug-likeness (QED) is 0.461. The van der Waals surface area contributed by atoms with Crippen LogP contribution in [0.5, 0.6) is 5.75 Å². The molecule has 1 radical (unpaired) electrons. The number of hydrogen-bond donors (Lipinski definition) is 1. The van der Waals surface area contributed by atoms with E-state index in [-0.39, 0.29) is 5.75 Å². The molecule has 0 atom stereocenters. The number of rotatable bonds is 6. The van der Waals surface area contributed by atoms with Gasteiger partial charge in [0.05, 0.1) is 11.0 Å². The Kier molecular flexibility index (Phi) is 5.16. The van der Waals surface area contributed by atoms with Crippen molar-refractivity contribution in [2.24, 2.45) is 5.73 Å². The fraction of sp³-hybridized carbons (Fsp3) is 0.208. The molecule has 0 fully saturated rings. The second kappa shape index (κ2) is 7.78. The van der Waals surface area contributed by atoms with Crippen molar-refractivity contribution in [1.29, 1.82) is 0 Å². The standard InChI is InChI=1S/C24H21F2N2O2/c1-14(2)16-9-10-18-21(12-16)28(20-8-4-7-19(22(18)20)23(27)29)13-15-5-3-6-17(11-15)30-24(25)26/h3-9,11-12,14,24H,13H2,1-2H3,(H2,27,29). The molecular weight excluding hydrogens is 386 g/mol. The highest BCUT2D eigenvalue weighted by atomic mass is 19.3. The summed E-state index contributed by atoms with van der Waals surface area (Å²) in [6.45, 7) is 1.73. The SMILES string of the molecule is CC(C)c1c[c]c2c3c(C(N)=O)cccc3n(Cc3cccc(OC(F)F)c3)c2c1. The number of carbonyl (C=O) groups is 1. The maximum Gasteiger partial charge on any atom is 0.387 e. The average molecular weight is 407 g/mol. The number of carbonyl (C=O) groups excluding carboxylic acids is 1. The number of ether oxygens (including phenoxy) is 1. The van der Waals surface area contributed by atoms with Gasteiger partial charge in [-0.2, -0.15) is 8.78 Å². The molecule has 1 aromatic heterocycles. The average Bonchev–Trinajstić information content (AvgIpc) is 3.01. The Morgan fingerprint density at radius 3 is 2.60 bits per heavy atom. The molecule has 0 spiro atoms. The van der Waals surface area contributed by atoms with Crippen molar-refractivity contribution in [2.45, 2.75) is 32.9 Å². The number of hydrogen-bond acceptors (Lipinski definition) is 2. The first-order chi connectivity index (χ1) is 14.3. The number of primary amides is 1. The van der Waals surface area contributed by atoms with Crippen molar-refractivity contribution in [2.75, 3.05) is 0 Å². The molecule has 4 aromatic rings. The van der Waals surface area contributed by atoms with Gasteiger partial charge in [-0.25, -0.2) is 0 Å². The third kappa shape index (κ3) is 3.61. The third-order valence-corrected chi connectivity index (χ3v) is 5.21. The van der Waals surface area contributed by atoms with Crippen molar-refractivity contribution >= 4 is 27.7 Å². The first-order valence-corrected chi connectivity index (χ1v) is 9.65. The van der Waals surface area contributed by atoms with Crippen LogP contribution in [0.3, 0.4) is 0 Å². The Labute approximate surface area is 172 Å². The van der Waals surface area contributed by atoms with Crippen molar-refractivity contribution in [3.8, 4) is 5.75 Å². The summed E-state index contributed by atoms with van der Waals surface area (Å²) in [5.41, 5.74) is 9.71. The van der Waals surface area contributed by atoms with Gasteiger partial charge in [-0.3, -0.25) is 4.79 Å². The van der Waals surface area contributed by atoms with Crippen molar-refractivity contribution in [3.63, 3.8) is 0 Å². The number of benzene rings is 3. The minimum absolute atomic E-state index is 0.107. The minimum Gasteiger partial charge on any atom is -0.435 e. The fourth-order valence-electron chi connectivity index (χ4n) is 3.78. The first-order valence-electron chi connectivity index (χ1n) is 9.65. The van der Waals surface area contributed by atoms with E-state index in [1.807, 2.05) is 18.2 Å². The van der Waals surface area contributed by atoms with E-state index in [9.17, 15) is 13.6 Å². The van der Waals surface area contributed by atoms with Crippen LogP contribution in [0.4, 0.5) is 8.78 Å². The van der Waals surface area contributed by atoms with Crippen LogP contribution in [0, 0.1) is 6.07 Å². The maximum absolute atomic E-state index is 12.6. The molecule has 3 aromatic carbocycles. The Balaban J connectivity index is 1.94. The summed E-state index contributed by atoms with van der Waals surface area (Å²) in [6.07, 6.45) is 0. The van der Waals surface area contributed by atoms with E-state index in [0.717, 1.165) is 32.9 Å². The molecule has 30 heavy (non-hydrogen) atoms. The molecule has 4 rings (SSSR count). The van der Waals surface area contributed by atoms with E-state index in [1.165, 1.54) is 6.07 Å². The zero-order valence-electron chi connectivity index (χ0n) is 16.7. The zero-order valence-corrected chi connectivity index (χ0v) is 16.7. The summed E-state index contributed by atoms with van der Waals surface area (Å²) in [4.78, 5) is 12.1. The molecule has 153 valence electrons. The summed E-state index contributed by atoms with van der Waals surface area (Å²) >= 11 is 0. The molecular formula is C24H21F2N2O2. The number of halogens is 2. The third-order valence-electron chi connectivity index (χ3n) is 5.21. The molecule has 0 aliphatic rings. The van der Waals surface area contributed by atoms with Gasteiger partial charge in [-0.05, 0) is 53.4 Å². The monoisotopic (exact) mass is 407 g/mol. The zero-order chi connectivity index (χ0) is 21.4. The number of nitrogens with zero attached hydrogens (tertiary/aromatic N) is 1. The van der Waals surface area contributed by atoms with Crippen LogP contribution in [-0.2, 0) is 6.54 Å². The van der Waals surface area contributed by atoms with Gasteiger partial charge in [-0.1, -0.05) is 38.1 Å². The van der Waals surface area contributed by atoms with Crippen molar-refractivity contribution < 1.29 is 18.3 Å². The van der Waals surface area contributed by atoms with Crippen molar-refractivity contribution in [3.05, 3.63) is 77.4 Å². The summed E-state index contributed by atoms with van der Waals surface area (Å²) in [5.74, 6) is -0.0978. The topological polar surface area (TPSA) is 57.2 Å². The van der Waals surface area contributed by atoms with Crippen LogP contribution < -0.4 is 10.5 Å². The van der Waals surface area contributed by atoms with Gasteiger partial charge in [-0.15, -0.1) is 0 Å². The Morgan fingerprint density at radius 1 is 1.13 bits per heavy atom. The van der Waals surface area contributed by atoms with Crippen LogP contribution in [-0.4, -0.2) is 17.1 Å². The summed E-state index contributed by atoms with van der Waals surface area (Å²) in [5, 5.41) is 1.55. The van der Waals surface area contributed by atoms with Crippen LogP contribution in [0.2, 0.25) is 0 Å². The molecule has 1 heterocycles. The van der Waals surface area contributed by atoms with Crippen LogP contribution in [0.25, 0.3) is 21.8 Å². The van der Waals surface area contributed by atoms with Crippen LogP contribution >= 0.6 is 0 Å². The second-order valence-electron chi connectivity index (χ2n) is 7.52. The Hall–Kier alpha value is -3.41. The summed E-state index contributed by atoms with van der Waals surface area (Å²) in [7, 11) is 0. The van der Waals surface area contributed by atoms with E-state index < -0.39 is 12.5 Å². The molecule has 0 bridgehead atoms. The molecule has 2 N–H and O–H groups in total. The molecule has 0 aliphatic heterocycles. The molecule has 6 heteroatoms. The number of fused-ring (bicyclic) bond motifs is 3. The van der Waals surface area contributed by atoms with Gasteiger partial charge in [0.15, 0.2) is 0 Å². The molecule has 0 saturated heterocycles. The summed E-state index contributed by atoms with van der Waals surface area (Å²) in [6, 6.07) is 19.4.